The maximum absolute atomic E-state index is 12.5. The van der Waals surface area contributed by atoms with Gasteiger partial charge in [0, 0.05) is 37.9 Å². The first-order chi connectivity index (χ1) is 11.5. The van der Waals surface area contributed by atoms with E-state index in [4.69, 9.17) is 0 Å². The Morgan fingerprint density at radius 2 is 1.92 bits per heavy atom. The van der Waals surface area contributed by atoms with E-state index in [9.17, 15) is 9.59 Å². The molecule has 5 heteroatoms. The molecule has 5 nitrogen and oxygen atoms in total. The number of carbonyl (C=O) groups excluding carboxylic acids is 2. The van der Waals surface area contributed by atoms with Crippen LogP contribution >= 0.6 is 0 Å². The SMILES string of the molecule is CCCCCCC(=O)Nc1ccc(N(C)C)c(C(=O)NC2CC2)c1. The third-order valence-electron chi connectivity index (χ3n) is 4.18. The van der Waals surface area contributed by atoms with Gasteiger partial charge in [-0.25, -0.2) is 0 Å². The fraction of sp³-hybridized carbons (Fsp3) is 0.579. The maximum atomic E-state index is 12.5. The Morgan fingerprint density at radius 1 is 1.17 bits per heavy atom. The zero-order chi connectivity index (χ0) is 17.5. The van der Waals surface area contributed by atoms with E-state index in [0.29, 0.717) is 23.7 Å². The summed E-state index contributed by atoms with van der Waals surface area (Å²) >= 11 is 0. The van der Waals surface area contributed by atoms with E-state index in [0.717, 1.165) is 44.2 Å². The molecule has 0 atom stereocenters. The van der Waals surface area contributed by atoms with Gasteiger partial charge in [0.1, 0.15) is 0 Å². The molecule has 1 aromatic carbocycles. The van der Waals surface area contributed by atoms with Crippen LogP contribution in [0.4, 0.5) is 11.4 Å². The number of rotatable bonds is 9. The van der Waals surface area contributed by atoms with Gasteiger partial charge in [-0.3, -0.25) is 9.59 Å². The van der Waals surface area contributed by atoms with Gasteiger partial charge in [-0.1, -0.05) is 26.2 Å². The van der Waals surface area contributed by atoms with Crippen molar-refractivity contribution in [3.63, 3.8) is 0 Å². The predicted octanol–water partition coefficient (Wildman–Crippen LogP) is 3.55. The molecule has 0 unspecified atom stereocenters. The van der Waals surface area contributed by atoms with E-state index in [2.05, 4.69) is 17.6 Å². The summed E-state index contributed by atoms with van der Waals surface area (Å²) in [6.45, 7) is 2.15. The van der Waals surface area contributed by atoms with Crippen LogP contribution in [0.2, 0.25) is 0 Å². The van der Waals surface area contributed by atoms with Gasteiger partial charge < -0.3 is 15.5 Å². The second kappa shape index (κ2) is 8.71. The van der Waals surface area contributed by atoms with E-state index in [-0.39, 0.29) is 11.8 Å². The molecule has 1 saturated carbocycles. The lowest BCUT2D eigenvalue weighted by Crippen LogP contribution is -2.27. The first-order valence-corrected chi connectivity index (χ1v) is 8.93. The van der Waals surface area contributed by atoms with Crippen LogP contribution in [0.25, 0.3) is 0 Å². The molecule has 2 rings (SSSR count). The summed E-state index contributed by atoms with van der Waals surface area (Å²) in [5.41, 5.74) is 2.15. The molecule has 2 N–H and O–H groups in total. The van der Waals surface area contributed by atoms with Crippen LogP contribution in [-0.2, 0) is 4.79 Å². The van der Waals surface area contributed by atoms with Gasteiger partial charge in [-0.15, -0.1) is 0 Å². The summed E-state index contributed by atoms with van der Waals surface area (Å²) in [7, 11) is 3.82. The molecule has 0 radical (unpaired) electrons. The molecular weight excluding hydrogens is 302 g/mol. The summed E-state index contributed by atoms with van der Waals surface area (Å²) in [5, 5.41) is 5.93. The van der Waals surface area contributed by atoms with Gasteiger partial charge >= 0.3 is 0 Å². The van der Waals surface area contributed by atoms with Gasteiger partial charge in [0.25, 0.3) is 5.91 Å². The highest BCUT2D eigenvalue weighted by Gasteiger charge is 2.25. The Morgan fingerprint density at radius 3 is 2.54 bits per heavy atom. The van der Waals surface area contributed by atoms with Crippen molar-refractivity contribution >= 4 is 23.2 Å². The first-order valence-electron chi connectivity index (χ1n) is 8.93. The average molecular weight is 331 g/mol. The fourth-order valence-electron chi connectivity index (χ4n) is 2.61. The number of carbonyl (C=O) groups is 2. The Labute approximate surface area is 144 Å². The lowest BCUT2D eigenvalue weighted by Gasteiger charge is -2.18. The van der Waals surface area contributed by atoms with Crippen molar-refractivity contribution in [2.75, 3.05) is 24.3 Å². The zero-order valence-electron chi connectivity index (χ0n) is 15.0. The summed E-state index contributed by atoms with van der Waals surface area (Å²) in [4.78, 5) is 26.4. The van der Waals surface area contributed by atoms with Crippen LogP contribution in [0, 0.1) is 0 Å². The molecule has 132 valence electrons. The summed E-state index contributed by atoms with van der Waals surface area (Å²) in [6.07, 6.45) is 6.94. The minimum absolute atomic E-state index is 0.0113. The van der Waals surface area contributed by atoms with Crippen molar-refractivity contribution in [1.82, 2.24) is 5.32 Å². The molecule has 0 bridgehead atoms. The van der Waals surface area contributed by atoms with Gasteiger partial charge in [-0.05, 0) is 37.5 Å². The maximum Gasteiger partial charge on any atom is 0.253 e. The smallest absolute Gasteiger partial charge is 0.253 e. The number of hydrogen-bond acceptors (Lipinski definition) is 3. The third-order valence-corrected chi connectivity index (χ3v) is 4.18. The first kappa shape index (κ1) is 18.3. The Balaban J connectivity index is 2.02. The van der Waals surface area contributed by atoms with Crippen LogP contribution in [0.3, 0.4) is 0 Å². The molecular formula is C19H29N3O2. The fourth-order valence-corrected chi connectivity index (χ4v) is 2.61. The van der Waals surface area contributed by atoms with Gasteiger partial charge in [0.2, 0.25) is 5.91 Å². The van der Waals surface area contributed by atoms with Crippen molar-refractivity contribution in [3.05, 3.63) is 23.8 Å². The second-order valence-corrected chi connectivity index (χ2v) is 6.73. The summed E-state index contributed by atoms with van der Waals surface area (Å²) in [5.74, 6) is -0.0579. The van der Waals surface area contributed by atoms with E-state index < -0.39 is 0 Å². The highest BCUT2D eigenvalue weighted by atomic mass is 16.2. The lowest BCUT2D eigenvalue weighted by atomic mass is 10.1. The molecule has 0 heterocycles. The zero-order valence-corrected chi connectivity index (χ0v) is 15.0. The molecule has 1 aliphatic rings. The highest BCUT2D eigenvalue weighted by Crippen LogP contribution is 2.25. The molecule has 1 aromatic rings. The molecule has 0 aromatic heterocycles. The molecule has 24 heavy (non-hydrogen) atoms. The van der Waals surface area contributed by atoms with Crippen LogP contribution < -0.4 is 15.5 Å². The van der Waals surface area contributed by atoms with Crippen LogP contribution in [0.5, 0.6) is 0 Å². The highest BCUT2D eigenvalue weighted by molar-refractivity contribution is 6.02. The Kier molecular flexibility index (Phi) is 6.64. The largest absolute Gasteiger partial charge is 0.377 e. The van der Waals surface area contributed by atoms with Gasteiger partial charge in [0.05, 0.1) is 5.56 Å². The van der Waals surface area contributed by atoms with Crippen molar-refractivity contribution in [2.24, 2.45) is 0 Å². The predicted molar refractivity (Wildman–Crippen MR) is 98.6 cm³/mol. The van der Waals surface area contributed by atoms with E-state index >= 15 is 0 Å². The van der Waals surface area contributed by atoms with Gasteiger partial charge in [-0.2, -0.15) is 0 Å². The number of amides is 2. The molecule has 0 saturated heterocycles. The van der Waals surface area contributed by atoms with Gasteiger partial charge in [0.15, 0.2) is 0 Å². The Bertz CT molecular complexity index is 580. The normalized spacial score (nSPS) is 13.5. The molecule has 2 amide bonds. The number of nitrogens with zero attached hydrogens (tertiary/aromatic N) is 1. The standard InChI is InChI=1S/C19H29N3O2/c1-4-5-6-7-8-18(23)20-15-11-12-17(22(2)3)16(13-15)19(24)21-14-9-10-14/h11-14H,4-10H2,1-3H3,(H,20,23)(H,21,24). The van der Waals surface area contributed by atoms with Crippen LogP contribution in [0.15, 0.2) is 18.2 Å². The van der Waals surface area contributed by atoms with E-state index in [1.54, 1.807) is 6.07 Å². The quantitative estimate of drug-likeness (QED) is 0.680. The number of hydrogen-bond donors (Lipinski definition) is 2. The summed E-state index contributed by atoms with van der Waals surface area (Å²) < 4.78 is 0. The number of nitrogens with one attached hydrogen (secondary N) is 2. The van der Waals surface area contributed by atoms with Crippen molar-refractivity contribution in [3.8, 4) is 0 Å². The lowest BCUT2D eigenvalue weighted by molar-refractivity contribution is -0.116. The molecule has 1 aliphatic carbocycles. The second-order valence-electron chi connectivity index (χ2n) is 6.73. The number of unbranched alkanes of at least 4 members (excludes halogenated alkanes) is 3. The van der Waals surface area contributed by atoms with Crippen molar-refractivity contribution in [2.45, 2.75) is 57.9 Å². The average Bonchev–Trinajstić information content (AvgIpc) is 3.35. The van der Waals surface area contributed by atoms with E-state index in [1.165, 1.54) is 0 Å². The number of benzene rings is 1. The Hall–Kier alpha value is -2.04. The molecule has 0 aliphatic heterocycles. The van der Waals surface area contributed by atoms with E-state index in [1.807, 2.05) is 31.1 Å². The van der Waals surface area contributed by atoms with Crippen LogP contribution in [0.1, 0.15) is 62.2 Å². The number of anilines is 2. The minimum Gasteiger partial charge on any atom is -0.377 e. The summed E-state index contributed by atoms with van der Waals surface area (Å²) in [6, 6.07) is 5.82. The molecule has 1 fully saturated rings. The minimum atomic E-state index is -0.0692. The van der Waals surface area contributed by atoms with Crippen molar-refractivity contribution < 1.29 is 9.59 Å². The third kappa shape index (κ3) is 5.55. The topological polar surface area (TPSA) is 61.4 Å². The van der Waals surface area contributed by atoms with Crippen LogP contribution in [-0.4, -0.2) is 32.0 Å². The molecule has 0 spiro atoms. The van der Waals surface area contributed by atoms with Crippen molar-refractivity contribution in [1.29, 1.82) is 0 Å². The monoisotopic (exact) mass is 331 g/mol.